The zero-order chi connectivity index (χ0) is 49.7. The van der Waals surface area contributed by atoms with E-state index in [0.717, 1.165) is 105 Å². The second-order valence-electron chi connectivity index (χ2n) is 18.9. The van der Waals surface area contributed by atoms with Crippen LogP contribution < -0.4 is 10.4 Å². The van der Waals surface area contributed by atoms with Gasteiger partial charge in [-0.15, -0.1) is 0 Å². The van der Waals surface area contributed by atoms with Crippen molar-refractivity contribution in [2.45, 2.75) is 13.5 Å². The van der Waals surface area contributed by atoms with Crippen molar-refractivity contribution in [2.24, 2.45) is 4.99 Å². The Labute approximate surface area is 429 Å². The molecule has 74 heavy (non-hydrogen) atoms. The van der Waals surface area contributed by atoms with Crippen molar-refractivity contribution in [2.75, 3.05) is 0 Å². The molecule has 350 valence electrons. The summed E-state index contributed by atoms with van der Waals surface area (Å²) < 4.78 is 4.95. The predicted octanol–water partition coefficient (Wildman–Crippen LogP) is 16.3. The van der Waals surface area contributed by atoms with Gasteiger partial charge in [0.2, 0.25) is 0 Å². The van der Waals surface area contributed by atoms with Crippen molar-refractivity contribution < 1.29 is 0 Å². The highest BCUT2D eigenvalue weighted by Gasteiger charge is 2.22. The second-order valence-corrected chi connectivity index (χ2v) is 18.9. The third-order valence-corrected chi connectivity index (χ3v) is 14.8. The minimum Gasteiger partial charge on any atom is -0.336 e. The summed E-state index contributed by atoms with van der Waals surface area (Å²) >= 11 is 0. The first kappa shape index (κ1) is 44.3. The van der Waals surface area contributed by atoms with Crippen LogP contribution in [-0.4, -0.2) is 19.8 Å². The third kappa shape index (κ3) is 7.46. The smallest absolute Gasteiger partial charge is 0.0736 e. The van der Waals surface area contributed by atoms with E-state index >= 15 is 0 Å². The third-order valence-electron chi connectivity index (χ3n) is 14.8. The van der Waals surface area contributed by atoms with Crippen LogP contribution in [0.25, 0.3) is 110 Å². The van der Waals surface area contributed by atoms with E-state index in [-0.39, 0.29) is 0 Å². The van der Waals surface area contributed by atoms with E-state index in [2.05, 4.69) is 266 Å². The van der Waals surface area contributed by atoms with Crippen LogP contribution in [0.3, 0.4) is 0 Å². The molecule has 13 aromatic rings. The van der Waals surface area contributed by atoms with Crippen molar-refractivity contribution in [1.29, 1.82) is 0 Å². The Bertz CT molecular complexity index is 4620. The number of aliphatic imine (C=N–C) groups is 1. The van der Waals surface area contributed by atoms with Gasteiger partial charge < -0.3 is 9.13 Å². The lowest BCUT2D eigenvalue weighted by atomic mass is 9.99. The molecule has 0 amide bonds. The summed E-state index contributed by atoms with van der Waals surface area (Å²) in [5.74, 6) is 0. The van der Waals surface area contributed by atoms with Crippen molar-refractivity contribution in [3.8, 4) is 16.9 Å². The van der Waals surface area contributed by atoms with E-state index < -0.39 is 0 Å². The molecule has 0 aliphatic rings. The van der Waals surface area contributed by atoms with Gasteiger partial charge >= 0.3 is 0 Å². The summed E-state index contributed by atoms with van der Waals surface area (Å²) in [4.78, 5) is 11.1. The fraction of sp³-hybridized carbons (Fsp3) is 0.0286. The zero-order valence-electron chi connectivity index (χ0n) is 41.1. The fourth-order valence-electron chi connectivity index (χ4n) is 11.4. The van der Waals surface area contributed by atoms with Crippen LogP contribution in [0.1, 0.15) is 23.7 Å². The maximum absolute atomic E-state index is 5.59. The number of aromatic nitrogens is 3. The Kier molecular flexibility index (Phi) is 11.1. The maximum atomic E-state index is 5.59. The zero-order valence-corrected chi connectivity index (χ0v) is 41.1. The molecule has 0 bridgehead atoms. The first-order chi connectivity index (χ1) is 36.6. The summed E-state index contributed by atoms with van der Waals surface area (Å²) in [5.41, 5.74) is 13.4. The van der Waals surface area contributed by atoms with Crippen LogP contribution in [-0.2, 0) is 6.54 Å². The molecule has 0 spiro atoms. The molecule has 0 N–H and O–H groups in total. The quantitative estimate of drug-likeness (QED) is 0.126. The monoisotopic (exact) mass is 946 g/mol. The summed E-state index contributed by atoms with van der Waals surface area (Å²) in [6.45, 7) is 11.1. The average Bonchev–Trinajstić information content (AvgIpc) is 3.98. The van der Waals surface area contributed by atoms with Crippen LogP contribution in [0.4, 0.5) is 0 Å². The number of allylic oxidation sites excluding steroid dienone is 3. The van der Waals surface area contributed by atoms with Crippen molar-refractivity contribution in [3.63, 3.8) is 0 Å². The molecule has 0 atom stereocenters. The molecule has 0 unspecified atom stereocenters. The van der Waals surface area contributed by atoms with E-state index in [4.69, 9.17) is 9.98 Å². The highest BCUT2D eigenvalue weighted by atomic mass is 15.0. The number of fused-ring (bicyclic) bond motifs is 10. The van der Waals surface area contributed by atoms with Gasteiger partial charge in [0.15, 0.2) is 0 Å². The van der Waals surface area contributed by atoms with Gasteiger partial charge in [0, 0.05) is 50.3 Å². The lowest BCUT2D eigenvalue weighted by molar-refractivity contribution is 0.902. The Balaban J connectivity index is 1.08. The van der Waals surface area contributed by atoms with Gasteiger partial charge in [0.25, 0.3) is 0 Å². The normalized spacial score (nSPS) is 13.0. The highest BCUT2D eigenvalue weighted by Crippen LogP contribution is 2.42. The summed E-state index contributed by atoms with van der Waals surface area (Å²) in [7, 11) is 0. The molecule has 0 fully saturated rings. The number of rotatable bonds is 10. The lowest BCUT2D eigenvalue weighted by Crippen LogP contribution is -2.26. The number of nitrogens with zero attached hydrogens (tertiary/aromatic N) is 4. The summed E-state index contributed by atoms with van der Waals surface area (Å²) in [6, 6.07) is 80.5. The second kappa shape index (κ2) is 18.5. The summed E-state index contributed by atoms with van der Waals surface area (Å²) in [6.07, 6.45) is 8.13. The first-order valence-corrected chi connectivity index (χ1v) is 25.3. The molecule has 0 aliphatic heterocycles. The maximum Gasteiger partial charge on any atom is 0.0736 e. The van der Waals surface area contributed by atoms with Gasteiger partial charge in [-0.3, -0.25) is 0 Å². The molecule has 4 nitrogen and oxygen atoms in total. The molecular weight excluding hydrogens is 897 g/mol. The molecule has 4 heteroatoms. The standard InChI is InChI=1S/C70H50N4/c1-4-21-47-22-6-10-29-52(47)46(3)64-44-51(45-65(72-64)58-37-20-28-50-25-9-13-32-55(50)58)74-67-39-17-15-34-61(67)69-68(74)41-40-60-59-33-14-16-38-66(59)73(70(60)69)43-42-63(57-36-19-27-49-24-8-12-31-54(49)57)71-62(5-2)56-35-18-26-48-23-7-11-30-53(48)56/h4-42,44-45H,1-2,43H2,3H3/b47-21-,52-46+,63-42-,71-62+. The van der Waals surface area contributed by atoms with Gasteiger partial charge in [-0.2, -0.15) is 0 Å². The first-order valence-electron chi connectivity index (χ1n) is 25.3. The minimum absolute atomic E-state index is 0.560. The molecule has 3 heterocycles. The van der Waals surface area contributed by atoms with Crippen LogP contribution in [0, 0.1) is 0 Å². The van der Waals surface area contributed by atoms with Crippen LogP contribution in [0.2, 0.25) is 0 Å². The molecule has 0 saturated carbocycles. The predicted molar refractivity (Wildman–Crippen MR) is 316 cm³/mol. The fourth-order valence-corrected chi connectivity index (χ4v) is 11.4. The molecule has 10 aromatic carbocycles. The van der Waals surface area contributed by atoms with E-state index in [1.54, 1.807) is 0 Å². The number of hydrogen-bond acceptors (Lipinski definition) is 2. The lowest BCUT2D eigenvalue weighted by Gasteiger charge is -2.15. The number of pyridine rings is 1. The largest absolute Gasteiger partial charge is 0.336 e. The van der Waals surface area contributed by atoms with Crippen molar-refractivity contribution in [3.05, 3.63) is 283 Å². The van der Waals surface area contributed by atoms with Gasteiger partial charge in [-0.05, 0) is 97.7 Å². The number of hydrogen-bond donors (Lipinski definition) is 0. The van der Waals surface area contributed by atoms with Crippen LogP contribution >= 0.6 is 0 Å². The molecule has 13 rings (SSSR count). The van der Waals surface area contributed by atoms with Gasteiger partial charge in [-0.25, -0.2) is 9.98 Å². The Hall–Kier alpha value is -9.64. The van der Waals surface area contributed by atoms with Crippen LogP contribution in [0.15, 0.2) is 261 Å². The molecule has 0 aliphatic carbocycles. The van der Waals surface area contributed by atoms with Crippen molar-refractivity contribution >= 4 is 99.0 Å². The SMILES string of the molecule is C=C/C=c1/cccc/c1=C(/C)c1cc(-n2c3ccccc3c3c4c(ccc32)c2ccccc2n4C/C=C(\N=C(/C=C)c2cccc3ccccc23)c2cccc3ccccc23)cc(-c2cccc3ccccc23)n1. The molecular formula is C70H50N4. The Morgan fingerprint density at radius 3 is 1.86 bits per heavy atom. The average molecular weight is 947 g/mol. The molecule has 0 radical (unpaired) electrons. The highest BCUT2D eigenvalue weighted by molar-refractivity contribution is 6.26. The topological polar surface area (TPSA) is 35.1 Å². The molecule has 3 aromatic heterocycles. The van der Waals surface area contributed by atoms with E-state index in [1.165, 1.54) is 32.4 Å². The van der Waals surface area contributed by atoms with Gasteiger partial charge in [0.05, 0.1) is 45.0 Å². The van der Waals surface area contributed by atoms with Crippen molar-refractivity contribution in [1.82, 2.24) is 14.1 Å². The van der Waals surface area contributed by atoms with Gasteiger partial charge in [-0.1, -0.05) is 219 Å². The van der Waals surface area contributed by atoms with E-state index in [0.29, 0.717) is 6.54 Å². The van der Waals surface area contributed by atoms with E-state index in [9.17, 15) is 0 Å². The minimum atomic E-state index is 0.560. The number of benzene rings is 10. The Morgan fingerprint density at radius 2 is 1.12 bits per heavy atom. The molecule has 0 saturated heterocycles. The van der Waals surface area contributed by atoms with Gasteiger partial charge in [0.1, 0.15) is 0 Å². The van der Waals surface area contributed by atoms with E-state index in [1.807, 2.05) is 12.2 Å². The summed E-state index contributed by atoms with van der Waals surface area (Å²) in [5, 5.41) is 13.9. The Morgan fingerprint density at radius 1 is 0.527 bits per heavy atom. The van der Waals surface area contributed by atoms with Crippen LogP contribution in [0.5, 0.6) is 0 Å². The number of para-hydroxylation sites is 2.